The topological polar surface area (TPSA) is 58.6 Å². The van der Waals surface area contributed by atoms with E-state index in [1.165, 1.54) is 37.8 Å². The van der Waals surface area contributed by atoms with Gasteiger partial charge in [-0.3, -0.25) is 0 Å². The Labute approximate surface area is 134 Å². The van der Waals surface area contributed by atoms with Gasteiger partial charge in [0.1, 0.15) is 0 Å². The molecule has 0 aliphatic heterocycles. The molecule has 0 bridgehead atoms. The lowest BCUT2D eigenvalue weighted by Crippen LogP contribution is -2.50. The lowest BCUT2D eigenvalue weighted by Gasteiger charge is -2.57. The van der Waals surface area contributed by atoms with Crippen LogP contribution in [0.5, 0.6) is 0 Å². The number of fused-ring (bicyclic) bond motifs is 5. The molecule has 22 heavy (non-hydrogen) atoms. The Bertz CT molecular complexity index is 540. The fourth-order valence-electron chi connectivity index (χ4n) is 6.64. The van der Waals surface area contributed by atoms with Crippen LogP contribution in [0.15, 0.2) is 16.8 Å². The average molecular weight is 302 g/mol. The Morgan fingerprint density at radius 1 is 1.14 bits per heavy atom. The molecule has 6 unspecified atom stereocenters. The number of hydrogen-bond donors (Lipinski definition) is 2. The van der Waals surface area contributed by atoms with Gasteiger partial charge in [0.2, 0.25) is 0 Å². The Hall–Kier alpha value is -0.830. The van der Waals surface area contributed by atoms with Crippen LogP contribution in [0.4, 0.5) is 0 Å². The van der Waals surface area contributed by atoms with E-state index in [4.69, 9.17) is 5.84 Å². The van der Waals surface area contributed by atoms with Crippen molar-refractivity contribution in [1.29, 1.82) is 0 Å². The van der Waals surface area contributed by atoms with Gasteiger partial charge < -0.3 is 10.9 Å². The fraction of sp³-hybridized carbons (Fsp3) is 0.842. The molecular formula is C19H30N2O. The van der Waals surface area contributed by atoms with Gasteiger partial charge in [-0.2, -0.15) is 5.10 Å². The van der Waals surface area contributed by atoms with Crippen LogP contribution in [-0.4, -0.2) is 16.9 Å². The summed E-state index contributed by atoms with van der Waals surface area (Å²) in [5.41, 5.74) is 3.43. The maximum absolute atomic E-state index is 10.0. The number of aliphatic hydroxyl groups is 1. The quantitative estimate of drug-likeness (QED) is 0.408. The predicted molar refractivity (Wildman–Crippen MR) is 89.3 cm³/mol. The highest BCUT2D eigenvalue weighted by molar-refractivity contribution is 5.92. The first-order valence-corrected chi connectivity index (χ1v) is 9.14. The molecule has 0 spiro atoms. The van der Waals surface area contributed by atoms with Gasteiger partial charge >= 0.3 is 0 Å². The Balaban J connectivity index is 1.69. The first kappa shape index (κ1) is 14.7. The zero-order chi connectivity index (χ0) is 15.5. The number of nitrogens with two attached hydrogens (primary N) is 1. The molecule has 3 nitrogen and oxygen atoms in total. The third-order valence-electron chi connectivity index (χ3n) is 7.97. The molecule has 0 radical (unpaired) electrons. The van der Waals surface area contributed by atoms with Crippen molar-refractivity contribution >= 4 is 5.71 Å². The Kier molecular flexibility index (Phi) is 3.24. The fourth-order valence-corrected chi connectivity index (χ4v) is 6.64. The second-order valence-electron chi connectivity index (χ2n) is 8.73. The maximum atomic E-state index is 10.0. The number of allylic oxidation sites excluding steroid dienone is 1. The molecule has 4 aliphatic rings. The molecule has 0 aromatic heterocycles. The summed E-state index contributed by atoms with van der Waals surface area (Å²) in [4.78, 5) is 0. The molecule has 0 amide bonds. The van der Waals surface area contributed by atoms with E-state index in [1.807, 2.05) is 0 Å². The lowest BCUT2D eigenvalue weighted by molar-refractivity contribution is -0.0209. The highest BCUT2D eigenvalue weighted by atomic mass is 16.3. The van der Waals surface area contributed by atoms with Crippen molar-refractivity contribution in [3.05, 3.63) is 11.6 Å². The van der Waals surface area contributed by atoms with E-state index < -0.39 is 0 Å². The summed E-state index contributed by atoms with van der Waals surface area (Å²) in [6.07, 6.45) is 11.6. The van der Waals surface area contributed by atoms with Gasteiger partial charge in [-0.15, -0.1) is 0 Å². The first-order valence-electron chi connectivity index (χ1n) is 9.14. The third kappa shape index (κ3) is 1.81. The van der Waals surface area contributed by atoms with Gasteiger partial charge in [0.05, 0.1) is 6.10 Å². The SMILES string of the molecule is CC12CCC(O)CC1=CCC1C2CCC2(C)/C(=N/N)CCC12. The molecule has 0 aromatic carbocycles. The van der Waals surface area contributed by atoms with Gasteiger partial charge in [0.15, 0.2) is 0 Å². The zero-order valence-electron chi connectivity index (χ0n) is 14.0. The molecule has 3 N–H and O–H groups in total. The molecule has 4 aliphatic carbocycles. The number of hydrogen-bond acceptors (Lipinski definition) is 3. The predicted octanol–water partition coefficient (Wildman–Crippen LogP) is 3.62. The molecule has 0 saturated heterocycles. The third-order valence-corrected chi connectivity index (χ3v) is 7.97. The number of aliphatic hydroxyl groups excluding tert-OH is 1. The monoisotopic (exact) mass is 302 g/mol. The van der Waals surface area contributed by atoms with Crippen LogP contribution in [0.1, 0.15) is 65.2 Å². The van der Waals surface area contributed by atoms with Gasteiger partial charge in [-0.05, 0) is 74.5 Å². The van der Waals surface area contributed by atoms with Crippen LogP contribution in [0.25, 0.3) is 0 Å². The lowest BCUT2D eigenvalue weighted by atomic mass is 9.48. The summed E-state index contributed by atoms with van der Waals surface area (Å²) < 4.78 is 0. The van der Waals surface area contributed by atoms with Crippen LogP contribution in [0.3, 0.4) is 0 Å². The standard InChI is InChI=1S/C19H30N2O/c1-18-9-7-13(22)11-12(18)3-4-14-15-5-6-17(21-20)19(15,2)10-8-16(14)18/h3,13-16,22H,4-11,20H2,1-2H3/b21-17+. The van der Waals surface area contributed by atoms with Crippen LogP contribution in [0, 0.1) is 28.6 Å². The van der Waals surface area contributed by atoms with Crippen LogP contribution in [0.2, 0.25) is 0 Å². The molecule has 0 aromatic rings. The van der Waals surface area contributed by atoms with Crippen molar-refractivity contribution in [2.75, 3.05) is 0 Å². The molecule has 122 valence electrons. The van der Waals surface area contributed by atoms with Gasteiger partial charge in [0.25, 0.3) is 0 Å². The van der Waals surface area contributed by atoms with Crippen LogP contribution < -0.4 is 5.84 Å². The molecular weight excluding hydrogens is 272 g/mol. The van der Waals surface area contributed by atoms with E-state index in [9.17, 15) is 5.11 Å². The van der Waals surface area contributed by atoms with Crippen molar-refractivity contribution in [3.8, 4) is 0 Å². The van der Waals surface area contributed by atoms with E-state index in [2.05, 4.69) is 25.0 Å². The molecule has 3 heteroatoms. The maximum Gasteiger partial charge on any atom is 0.0577 e. The first-order chi connectivity index (χ1) is 10.5. The summed E-state index contributed by atoms with van der Waals surface area (Å²) in [5, 5.41) is 14.2. The van der Waals surface area contributed by atoms with E-state index in [1.54, 1.807) is 5.57 Å². The van der Waals surface area contributed by atoms with Gasteiger partial charge in [-0.1, -0.05) is 25.5 Å². The minimum Gasteiger partial charge on any atom is -0.393 e. The van der Waals surface area contributed by atoms with E-state index in [0.717, 1.165) is 37.0 Å². The van der Waals surface area contributed by atoms with E-state index in [-0.39, 0.29) is 11.5 Å². The smallest absolute Gasteiger partial charge is 0.0577 e. The number of rotatable bonds is 0. The summed E-state index contributed by atoms with van der Waals surface area (Å²) in [5.74, 6) is 8.04. The van der Waals surface area contributed by atoms with Crippen molar-refractivity contribution in [2.45, 2.75) is 71.3 Å². The number of hydrazone groups is 1. The van der Waals surface area contributed by atoms with E-state index >= 15 is 0 Å². The largest absolute Gasteiger partial charge is 0.393 e. The summed E-state index contributed by atoms with van der Waals surface area (Å²) in [7, 11) is 0. The van der Waals surface area contributed by atoms with E-state index in [0.29, 0.717) is 5.41 Å². The minimum absolute atomic E-state index is 0.104. The zero-order valence-corrected chi connectivity index (χ0v) is 14.0. The molecule has 3 saturated carbocycles. The summed E-state index contributed by atoms with van der Waals surface area (Å²) >= 11 is 0. The highest BCUT2D eigenvalue weighted by Gasteiger charge is 2.57. The summed E-state index contributed by atoms with van der Waals surface area (Å²) in [6, 6.07) is 0. The van der Waals surface area contributed by atoms with Gasteiger partial charge in [0, 0.05) is 11.1 Å². The Morgan fingerprint density at radius 3 is 2.64 bits per heavy atom. The van der Waals surface area contributed by atoms with Gasteiger partial charge in [-0.25, -0.2) is 0 Å². The normalized spacial score (nSPS) is 52.7. The second-order valence-corrected chi connectivity index (χ2v) is 8.73. The molecule has 3 fully saturated rings. The summed E-state index contributed by atoms with van der Waals surface area (Å²) in [6.45, 7) is 4.90. The van der Waals surface area contributed by atoms with Crippen molar-refractivity contribution in [1.82, 2.24) is 0 Å². The van der Waals surface area contributed by atoms with Crippen molar-refractivity contribution in [3.63, 3.8) is 0 Å². The van der Waals surface area contributed by atoms with Crippen molar-refractivity contribution < 1.29 is 5.11 Å². The molecule has 0 heterocycles. The Morgan fingerprint density at radius 2 is 1.86 bits per heavy atom. The second kappa shape index (κ2) is 4.83. The average Bonchev–Trinajstić information content (AvgIpc) is 2.84. The molecule has 6 atom stereocenters. The molecule has 4 rings (SSSR count). The number of nitrogens with zero attached hydrogens (tertiary/aromatic N) is 1. The minimum atomic E-state index is -0.104. The van der Waals surface area contributed by atoms with Crippen LogP contribution >= 0.6 is 0 Å². The van der Waals surface area contributed by atoms with Crippen molar-refractivity contribution in [2.24, 2.45) is 39.5 Å². The highest BCUT2D eigenvalue weighted by Crippen LogP contribution is 2.64. The van der Waals surface area contributed by atoms with Crippen LogP contribution in [-0.2, 0) is 0 Å².